The molecule has 4 rings (SSSR count). The lowest BCUT2D eigenvalue weighted by atomic mass is 10.2. The summed E-state index contributed by atoms with van der Waals surface area (Å²) in [7, 11) is 0. The second-order valence-electron chi connectivity index (χ2n) is 8.35. The van der Waals surface area contributed by atoms with Crippen LogP contribution in [-0.2, 0) is 14.4 Å². The zero-order valence-corrected chi connectivity index (χ0v) is 22.5. The number of thioether (sulfide) groups is 1. The molecule has 2 aromatic rings. The van der Waals surface area contributed by atoms with Crippen molar-refractivity contribution in [3.05, 3.63) is 61.9 Å². The van der Waals surface area contributed by atoms with Gasteiger partial charge < -0.3 is 15.0 Å². The molecule has 2 saturated heterocycles. The SMILES string of the molecule is Cc1ccc(NC(=O)COc2ccc(/C=C3\SC(=O)N(CC(=O)N4CCCC4)C3=O)cc2Br)cc1Cl. The molecule has 0 unspecified atom stereocenters. The maximum absolute atomic E-state index is 12.7. The van der Waals surface area contributed by atoms with E-state index < -0.39 is 11.1 Å². The predicted molar refractivity (Wildman–Crippen MR) is 143 cm³/mol. The number of hydrogen-bond acceptors (Lipinski definition) is 6. The van der Waals surface area contributed by atoms with Crippen molar-refractivity contribution in [1.82, 2.24) is 9.80 Å². The smallest absolute Gasteiger partial charge is 0.294 e. The van der Waals surface area contributed by atoms with Gasteiger partial charge in [-0.2, -0.15) is 0 Å². The van der Waals surface area contributed by atoms with Gasteiger partial charge in [0, 0.05) is 23.8 Å². The predicted octanol–water partition coefficient (Wildman–Crippen LogP) is 5.09. The Morgan fingerprint density at radius 1 is 1.17 bits per heavy atom. The van der Waals surface area contributed by atoms with Crippen LogP contribution in [-0.4, -0.2) is 59.0 Å². The maximum atomic E-state index is 12.7. The van der Waals surface area contributed by atoms with E-state index in [1.54, 1.807) is 41.3 Å². The van der Waals surface area contributed by atoms with Gasteiger partial charge in [0.1, 0.15) is 12.3 Å². The first-order chi connectivity index (χ1) is 17.2. The Morgan fingerprint density at radius 2 is 1.92 bits per heavy atom. The summed E-state index contributed by atoms with van der Waals surface area (Å²) in [4.78, 5) is 52.6. The molecule has 2 fully saturated rings. The summed E-state index contributed by atoms with van der Waals surface area (Å²) in [5.74, 6) is -0.603. The highest BCUT2D eigenvalue weighted by Crippen LogP contribution is 2.34. The third kappa shape index (κ3) is 6.29. The van der Waals surface area contributed by atoms with E-state index in [1.165, 1.54) is 0 Å². The molecule has 0 spiro atoms. The number of benzene rings is 2. The number of aryl methyl sites for hydroxylation is 1. The van der Waals surface area contributed by atoms with Crippen LogP contribution in [0.2, 0.25) is 5.02 Å². The fourth-order valence-electron chi connectivity index (χ4n) is 3.72. The molecule has 11 heteroatoms. The number of rotatable bonds is 7. The van der Waals surface area contributed by atoms with Gasteiger partial charge in [-0.25, -0.2) is 0 Å². The fourth-order valence-corrected chi connectivity index (χ4v) is 5.25. The zero-order valence-electron chi connectivity index (χ0n) is 19.4. The second kappa shape index (κ2) is 11.5. The molecule has 0 aromatic heterocycles. The Morgan fingerprint density at radius 3 is 2.61 bits per heavy atom. The van der Waals surface area contributed by atoms with Gasteiger partial charge in [0.15, 0.2) is 6.61 Å². The van der Waals surface area contributed by atoms with Crippen LogP contribution in [0.1, 0.15) is 24.0 Å². The molecule has 2 aliphatic heterocycles. The van der Waals surface area contributed by atoms with Crippen LogP contribution in [0.25, 0.3) is 6.08 Å². The van der Waals surface area contributed by atoms with E-state index >= 15 is 0 Å². The Bertz CT molecular complexity index is 1260. The number of imide groups is 1. The lowest BCUT2D eigenvalue weighted by Crippen LogP contribution is -2.40. The summed E-state index contributed by atoms with van der Waals surface area (Å²) in [5.41, 5.74) is 2.14. The third-order valence-corrected chi connectivity index (χ3v) is 7.63. The first-order valence-electron chi connectivity index (χ1n) is 11.2. The number of anilines is 1. The Balaban J connectivity index is 1.35. The van der Waals surface area contributed by atoms with E-state index in [0.29, 0.717) is 39.6 Å². The van der Waals surface area contributed by atoms with Gasteiger partial charge in [-0.15, -0.1) is 0 Å². The van der Waals surface area contributed by atoms with Crippen LogP contribution >= 0.6 is 39.3 Å². The van der Waals surface area contributed by atoms with Crippen LogP contribution in [0.15, 0.2) is 45.8 Å². The summed E-state index contributed by atoms with van der Waals surface area (Å²) < 4.78 is 6.18. The van der Waals surface area contributed by atoms with E-state index in [-0.39, 0.29) is 29.9 Å². The molecular weight excluding hydrogens is 570 g/mol. The first kappa shape index (κ1) is 26.2. The van der Waals surface area contributed by atoms with Crippen LogP contribution < -0.4 is 10.1 Å². The second-order valence-corrected chi connectivity index (χ2v) is 10.6. The quantitative estimate of drug-likeness (QED) is 0.450. The molecule has 0 bridgehead atoms. The van der Waals surface area contributed by atoms with Crippen molar-refractivity contribution in [2.45, 2.75) is 19.8 Å². The largest absolute Gasteiger partial charge is 0.483 e. The molecule has 2 aromatic carbocycles. The van der Waals surface area contributed by atoms with Crippen LogP contribution in [0.4, 0.5) is 10.5 Å². The minimum atomic E-state index is -0.484. The van der Waals surface area contributed by atoms with E-state index in [1.807, 2.05) is 13.0 Å². The van der Waals surface area contributed by atoms with Gasteiger partial charge in [0.25, 0.3) is 17.1 Å². The number of likely N-dealkylation sites (tertiary alicyclic amines) is 1. The van der Waals surface area contributed by atoms with E-state index in [9.17, 15) is 19.2 Å². The zero-order chi connectivity index (χ0) is 25.8. The van der Waals surface area contributed by atoms with E-state index in [4.69, 9.17) is 16.3 Å². The molecule has 0 aliphatic carbocycles. The molecule has 4 amide bonds. The summed E-state index contributed by atoms with van der Waals surface area (Å²) in [6.07, 6.45) is 3.47. The van der Waals surface area contributed by atoms with Crippen LogP contribution in [0, 0.1) is 6.92 Å². The Hall–Kier alpha value is -2.82. The van der Waals surface area contributed by atoms with E-state index in [0.717, 1.165) is 35.1 Å². The monoisotopic (exact) mass is 591 g/mol. The number of carbonyl (C=O) groups is 4. The van der Waals surface area contributed by atoms with Gasteiger partial charge in [-0.05, 0) is 88.9 Å². The van der Waals surface area contributed by atoms with Crippen molar-refractivity contribution in [1.29, 1.82) is 0 Å². The number of hydrogen-bond donors (Lipinski definition) is 1. The van der Waals surface area contributed by atoms with Gasteiger partial charge in [-0.3, -0.25) is 24.1 Å². The van der Waals surface area contributed by atoms with Gasteiger partial charge >= 0.3 is 0 Å². The average Bonchev–Trinajstić information content (AvgIpc) is 3.46. The Labute approximate surface area is 226 Å². The molecule has 0 radical (unpaired) electrons. The number of nitrogens with zero attached hydrogens (tertiary/aromatic N) is 2. The molecule has 0 saturated carbocycles. The Kier molecular flexibility index (Phi) is 8.38. The third-order valence-electron chi connectivity index (χ3n) is 5.69. The van der Waals surface area contributed by atoms with Gasteiger partial charge in [0.2, 0.25) is 5.91 Å². The lowest BCUT2D eigenvalue weighted by molar-refractivity contribution is -0.135. The van der Waals surface area contributed by atoms with Crippen LogP contribution in [0.3, 0.4) is 0 Å². The van der Waals surface area contributed by atoms with Crippen molar-refractivity contribution in [3.63, 3.8) is 0 Å². The highest BCUT2D eigenvalue weighted by atomic mass is 79.9. The molecule has 0 atom stereocenters. The fraction of sp³-hybridized carbons (Fsp3) is 0.280. The van der Waals surface area contributed by atoms with Crippen molar-refractivity contribution in [2.24, 2.45) is 0 Å². The molecule has 36 heavy (non-hydrogen) atoms. The summed E-state index contributed by atoms with van der Waals surface area (Å²) in [6, 6.07) is 10.3. The summed E-state index contributed by atoms with van der Waals surface area (Å²) in [6.45, 7) is 2.74. The average molecular weight is 593 g/mol. The number of amides is 4. The van der Waals surface area contributed by atoms with Crippen molar-refractivity contribution >= 4 is 74.0 Å². The van der Waals surface area contributed by atoms with Crippen molar-refractivity contribution in [3.8, 4) is 5.75 Å². The number of halogens is 2. The van der Waals surface area contributed by atoms with Crippen molar-refractivity contribution in [2.75, 3.05) is 31.6 Å². The number of ether oxygens (including phenoxy) is 1. The summed E-state index contributed by atoms with van der Waals surface area (Å²) >= 11 is 10.3. The topological polar surface area (TPSA) is 96.0 Å². The first-order valence-corrected chi connectivity index (χ1v) is 13.2. The minimum absolute atomic E-state index is 0.213. The number of nitrogens with one attached hydrogen (secondary N) is 1. The van der Waals surface area contributed by atoms with Gasteiger partial charge in [-0.1, -0.05) is 23.7 Å². The summed E-state index contributed by atoms with van der Waals surface area (Å²) in [5, 5.41) is 2.83. The minimum Gasteiger partial charge on any atom is -0.483 e. The highest BCUT2D eigenvalue weighted by Gasteiger charge is 2.37. The molecule has 8 nitrogen and oxygen atoms in total. The molecule has 188 valence electrons. The molecule has 1 N–H and O–H groups in total. The number of carbonyl (C=O) groups excluding carboxylic acids is 4. The molecular formula is C25H23BrClN3O5S. The standard InChI is InChI=1S/C25H23BrClN3O5S/c1-15-4-6-17(12-19(15)27)28-22(31)14-35-20-7-5-16(10-18(20)26)11-21-24(33)30(25(34)36-21)13-23(32)29-8-2-3-9-29/h4-7,10-12H,2-3,8-9,13-14H2,1H3,(H,28,31)/b21-11-. The van der Waals surface area contributed by atoms with E-state index in [2.05, 4.69) is 21.2 Å². The lowest BCUT2D eigenvalue weighted by Gasteiger charge is -2.18. The van der Waals surface area contributed by atoms with Gasteiger partial charge in [0.05, 0.1) is 9.38 Å². The van der Waals surface area contributed by atoms with Crippen molar-refractivity contribution < 1.29 is 23.9 Å². The maximum Gasteiger partial charge on any atom is 0.294 e. The molecule has 2 heterocycles. The van der Waals surface area contributed by atoms with Crippen LogP contribution in [0.5, 0.6) is 5.75 Å². The highest BCUT2D eigenvalue weighted by molar-refractivity contribution is 9.10. The molecule has 2 aliphatic rings. The normalized spacial score (nSPS) is 16.7.